The van der Waals surface area contributed by atoms with Crippen LogP contribution in [0.1, 0.15) is 22.2 Å². The van der Waals surface area contributed by atoms with Crippen LogP contribution >= 0.6 is 11.3 Å². The van der Waals surface area contributed by atoms with Gasteiger partial charge in [-0.3, -0.25) is 0 Å². The van der Waals surface area contributed by atoms with E-state index >= 15 is 0 Å². The summed E-state index contributed by atoms with van der Waals surface area (Å²) < 4.78 is 18.8. The zero-order chi connectivity index (χ0) is 12.4. The molecule has 2 aromatic rings. The molecule has 1 heterocycles. The Labute approximate surface area is 103 Å². The molecule has 0 bridgehead atoms. The number of methoxy groups -OCH3 is 1. The largest absolute Gasteiger partial charge is 0.497 e. The van der Waals surface area contributed by atoms with E-state index in [9.17, 15) is 4.39 Å². The number of halogens is 1. The number of rotatable bonds is 3. The molecule has 1 aromatic heterocycles. The van der Waals surface area contributed by atoms with Crippen LogP contribution in [-0.4, -0.2) is 12.1 Å². The van der Waals surface area contributed by atoms with Gasteiger partial charge in [0.15, 0.2) is 0 Å². The van der Waals surface area contributed by atoms with E-state index in [1.165, 1.54) is 24.5 Å². The molecule has 2 N–H and O–H groups in total. The molecule has 1 unspecified atom stereocenters. The average molecular weight is 252 g/mol. The van der Waals surface area contributed by atoms with Crippen molar-refractivity contribution in [1.82, 2.24) is 4.98 Å². The lowest BCUT2D eigenvalue weighted by Gasteiger charge is -2.12. The van der Waals surface area contributed by atoms with E-state index in [1.807, 2.05) is 6.92 Å². The van der Waals surface area contributed by atoms with E-state index in [0.717, 1.165) is 10.6 Å². The Morgan fingerprint density at radius 2 is 2.24 bits per heavy atom. The fourth-order valence-corrected chi connectivity index (χ4v) is 2.46. The van der Waals surface area contributed by atoms with Crippen molar-refractivity contribution >= 4 is 11.3 Å². The molecular weight excluding hydrogens is 239 g/mol. The Morgan fingerprint density at radius 1 is 1.47 bits per heavy atom. The summed E-state index contributed by atoms with van der Waals surface area (Å²) in [5, 5.41) is 0. The van der Waals surface area contributed by atoms with E-state index in [1.54, 1.807) is 17.6 Å². The summed E-state index contributed by atoms with van der Waals surface area (Å²) in [7, 11) is 1.50. The van der Waals surface area contributed by atoms with Crippen LogP contribution in [0, 0.1) is 12.7 Å². The van der Waals surface area contributed by atoms with Gasteiger partial charge in [-0.05, 0) is 13.0 Å². The summed E-state index contributed by atoms with van der Waals surface area (Å²) in [5.74, 6) is 0.129. The van der Waals surface area contributed by atoms with E-state index in [-0.39, 0.29) is 5.82 Å². The smallest absolute Gasteiger partial charge is 0.132 e. The summed E-state index contributed by atoms with van der Waals surface area (Å²) in [6, 6.07) is 4.21. The normalized spacial score (nSPS) is 12.5. The molecule has 0 fully saturated rings. The van der Waals surface area contributed by atoms with E-state index in [4.69, 9.17) is 10.5 Å². The van der Waals surface area contributed by atoms with Gasteiger partial charge in [-0.2, -0.15) is 0 Å². The molecule has 5 heteroatoms. The maximum atomic E-state index is 13.8. The van der Waals surface area contributed by atoms with Crippen molar-refractivity contribution in [1.29, 1.82) is 0 Å². The van der Waals surface area contributed by atoms with Crippen molar-refractivity contribution in [2.24, 2.45) is 5.73 Å². The van der Waals surface area contributed by atoms with Crippen molar-refractivity contribution in [2.75, 3.05) is 7.11 Å². The summed E-state index contributed by atoms with van der Waals surface area (Å²) >= 11 is 1.44. The predicted octanol–water partition coefficient (Wildman–Crippen LogP) is 2.65. The monoisotopic (exact) mass is 252 g/mol. The number of benzene rings is 1. The lowest BCUT2D eigenvalue weighted by molar-refractivity contribution is 0.410. The molecule has 0 aliphatic rings. The SMILES string of the molecule is COc1ccc(C(N)c2scnc2C)c(F)c1. The Balaban J connectivity index is 2.38. The minimum atomic E-state index is -0.478. The third-order valence-electron chi connectivity index (χ3n) is 2.61. The zero-order valence-corrected chi connectivity index (χ0v) is 10.4. The van der Waals surface area contributed by atoms with Gasteiger partial charge in [-0.25, -0.2) is 9.37 Å². The number of aromatic nitrogens is 1. The first kappa shape index (κ1) is 12.0. The van der Waals surface area contributed by atoms with Crippen LogP contribution in [0.2, 0.25) is 0 Å². The van der Waals surface area contributed by atoms with Crippen LogP contribution in [0.4, 0.5) is 4.39 Å². The molecule has 2 rings (SSSR count). The maximum absolute atomic E-state index is 13.8. The molecule has 17 heavy (non-hydrogen) atoms. The summed E-state index contributed by atoms with van der Waals surface area (Å²) in [4.78, 5) is 5.00. The number of ether oxygens (including phenoxy) is 1. The van der Waals surface area contributed by atoms with Crippen molar-refractivity contribution in [3.63, 3.8) is 0 Å². The van der Waals surface area contributed by atoms with Crippen molar-refractivity contribution in [3.8, 4) is 5.75 Å². The second-order valence-corrected chi connectivity index (χ2v) is 4.55. The first-order valence-corrected chi connectivity index (χ1v) is 6.00. The second-order valence-electron chi connectivity index (χ2n) is 3.67. The van der Waals surface area contributed by atoms with Crippen LogP contribution in [-0.2, 0) is 0 Å². The highest BCUT2D eigenvalue weighted by atomic mass is 32.1. The van der Waals surface area contributed by atoms with Crippen molar-refractivity contribution < 1.29 is 9.13 Å². The summed E-state index contributed by atoms with van der Waals surface area (Å²) in [5.41, 5.74) is 9.06. The predicted molar refractivity (Wildman–Crippen MR) is 65.8 cm³/mol. The Morgan fingerprint density at radius 3 is 2.76 bits per heavy atom. The highest BCUT2D eigenvalue weighted by Gasteiger charge is 2.17. The van der Waals surface area contributed by atoms with Crippen LogP contribution in [0.3, 0.4) is 0 Å². The average Bonchev–Trinajstić information content (AvgIpc) is 2.74. The van der Waals surface area contributed by atoms with Crippen LogP contribution in [0.15, 0.2) is 23.7 Å². The van der Waals surface area contributed by atoms with Gasteiger partial charge in [-0.1, -0.05) is 6.07 Å². The molecule has 1 aromatic carbocycles. The molecule has 1 atom stereocenters. The van der Waals surface area contributed by atoms with Crippen LogP contribution in [0.5, 0.6) is 5.75 Å². The van der Waals surface area contributed by atoms with Crippen molar-refractivity contribution in [2.45, 2.75) is 13.0 Å². The van der Waals surface area contributed by atoms with Crippen LogP contribution in [0.25, 0.3) is 0 Å². The molecule has 0 radical (unpaired) electrons. The zero-order valence-electron chi connectivity index (χ0n) is 9.61. The van der Waals surface area contributed by atoms with Gasteiger partial charge < -0.3 is 10.5 Å². The molecule has 3 nitrogen and oxygen atoms in total. The van der Waals surface area contributed by atoms with Gasteiger partial charge in [0.05, 0.1) is 24.4 Å². The first-order valence-electron chi connectivity index (χ1n) is 5.12. The highest BCUT2D eigenvalue weighted by molar-refractivity contribution is 7.09. The Bertz CT molecular complexity index is 527. The molecule has 0 saturated carbocycles. The van der Waals surface area contributed by atoms with Gasteiger partial charge in [0.2, 0.25) is 0 Å². The molecule has 0 amide bonds. The topological polar surface area (TPSA) is 48.1 Å². The lowest BCUT2D eigenvalue weighted by Crippen LogP contribution is -2.13. The third-order valence-corrected chi connectivity index (χ3v) is 3.62. The van der Waals surface area contributed by atoms with Gasteiger partial charge in [0.1, 0.15) is 11.6 Å². The van der Waals surface area contributed by atoms with Crippen LogP contribution < -0.4 is 10.5 Å². The first-order chi connectivity index (χ1) is 8.13. The molecule has 0 aliphatic carbocycles. The number of nitrogens with zero attached hydrogens (tertiary/aromatic N) is 1. The van der Waals surface area contributed by atoms with Gasteiger partial charge >= 0.3 is 0 Å². The summed E-state index contributed by atoms with van der Waals surface area (Å²) in [6.45, 7) is 1.87. The number of aryl methyl sites for hydroxylation is 1. The Kier molecular flexibility index (Phi) is 3.40. The van der Waals surface area contributed by atoms with E-state index < -0.39 is 6.04 Å². The third kappa shape index (κ3) is 2.30. The van der Waals surface area contributed by atoms with Gasteiger partial charge in [0.25, 0.3) is 0 Å². The second kappa shape index (κ2) is 4.81. The lowest BCUT2D eigenvalue weighted by atomic mass is 10.0. The fourth-order valence-electron chi connectivity index (χ4n) is 1.64. The maximum Gasteiger partial charge on any atom is 0.132 e. The number of hydrogen-bond donors (Lipinski definition) is 1. The van der Waals surface area contributed by atoms with E-state index in [2.05, 4.69) is 4.98 Å². The quantitative estimate of drug-likeness (QED) is 0.913. The molecule has 90 valence electrons. The molecule has 0 spiro atoms. The highest BCUT2D eigenvalue weighted by Crippen LogP contribution is 2.29. The number of thiazole rings is 1. The minimum Gasteiger partial charge on any atom is -0.497 e. The molecular formula is C12H13FN2OS. The number of nitrogens with two attached hydrogens (primary N) is 1. The number of hydrogen-bond acceptors (Lipinski definition) is 4. The Hall–Kier alpha value is -1.46. The fraction of sp³-hybridized carbons (Fsp3) is 0.250. The standard InChI is InChI=1S/C12H13FN2OS/c1-7-12(17-6-15-7)11(14)9-4-3-8(16-2)5-10(9)13/h3-6,11H,14H2,1-2H3. The van der Waals surface area contributed by atoms with Gasteiger partial charge in [0, 0.05) is 16.5 Å². The molecule has 0 aliphatic heterocycles. The van der Waals surface area contributed by atoms with Crippen molar-refractivity contribution in [3.05, 3.63) is 45.7 Å². The minimum absolute atomic E-state index is 0.357. The van der Waals surface area contributed by atoms with E-state index in [0.29, 0.717) is 11.3 Å². The molecule has 0 saturated heterocycles. The summed E-state index contributed by atoms with van der Waals surface area (Å²) in [6.07, 6.45) is 0. The van der Waals surface area contributed by atoms with Gasteiger partial charge in [-0.15, -0.1) is 11.3 Å².